The first-order valence-electron chi connectivity index (χ1n) is 22.7. The normalized spacial score (nSPS) is 24.6. The maximum absolute atomic E-state index is 14.3. The lowest BCUT2D eigenvalue weighted by Gasteiger charge is -2.36. The number of aromatic nitrogens is 4. The Morgan fingerprint density at radius 1 is 0.613 bits per heavy atom. The number of fused-ring (bicyclic) bond motifs is 6. The van der Waals surface area contributed by atoms with Crippen LogP contribution < -0.4 is 10.6 Å². The van der Waals surface area contributed by atoms with Gasteiger partial charge in [0.2, 0.25) is 11.8 Å². The molecule has 2 saturated heterocycles. The first kappa shape index (κ1) is 41.7. The predicted octanol–water partition coefficient (Wildman–Crippen LogP) is 8.54. The number of aromatic amines is 2. The van der Waals surface area contributed by atoms with Crippen molar-refractivity contribution in [1.82, 2.24) is 40.4 Å². The number of amides is 4. The molecule has 14 nitrogen and oxygen atoms in total. The van der Waals surface area contributed by atoms with E-state index in [1.54, 1.807) is 0 Å². The van der Waals surface area contributed by atoms with Gasteiger partial charge >= 0.3 is 12.2 Å². The SMILES string of the molecule is COC(=O)N[C@H](C(=O)N1[C@H](c2ncc(-c3ccc4c(c3)-c3ccc(-c5cnc([C@@H]6C[C@@H]7CCCC[C@@H]7N6C(=O)[C@@H](NC(=O)OC)C(C)C)[nH]5)cc3-4)[nH]2)C[C@@H]2CCCC[C@@H]21)C(C)C. The van der Waals surface area contributed by atoms with Crippen molar-refractivity contribution in [3.63, 3.8) is 0 Å². The minimum atomic E-state index is -0.692. The van der Waals surface area contributed by atoms with Gasteiger partial charge in [-0.25, -0.2) is 19.6 Å². The Morgan fingerprint density at radius 2 is 1.02 bits per heavy atom. The molecule has 4 amide bonds. The maximum Gasteiger partial charge on any atom is 0.407 e. The van der Waals surface area contributed by atoms with Gasteiger partial charge in [0.05, 0.1) is 50.1 Å². The summed E-state index contributed by atoms with van der Waals surface area (Å²) in [6, 6.07) is 11.4. The number of likely N-dealkylation sites (tertiary alicyclic amines) is 2. The lowest BCUT2D eigenvalue weighted by molar-refractivity contribution is -0.139. The van der Waals surface area contributed by atoms with Crippen molar-refractivity contribution in [2.75, 3.05) is 14.2 Å². The highest BCUT2D eigenvalue weighted by Gasteiger charge is 2.50. The van der Waals surface area contributed by atoms with Gasteiger partial charge in [0.25, 0.3) is 0 Å². The number of H-pyrrole nitrogens is 2. The zero-order chi connectivity index (χ0) is 43.4. The Kier molecular flexibility index (Phi) is 11.4. The number of carbonyl (C=O) groups is 4. The van der Waals surface area contributed by atoms with Crippen molar-refractivity contribution in [1.29, 1.82) is 0 Å². The number of rotatable bonds is 10. The average Bonchev–Trinajstić information content (AvgIpc) is 4.10. The van der Waals surface area contributed by atoms with Crippen molar-refractivity contribution in [3.8, 4) is 44.8 Å². The monoisotopic (exact) mass is 844 g/mol. The van der Waals surface area contributed by atoms with E-state index in [9.17, 15) is 19.2 Å². The molecule has 4 aromatic rings. The molecule has 8 atom stereocenters. The zero-order valence-electron chi connectivity index (χ0n) is 36.7. The van der Waals surface area contributed by atoms with Gasteiger partial charge in [-0.2, -0.15) is 0 Å². The van der Waals surface area contributed by atoms with Gasteiger partial charge < -0.3 is 39.9 Å². The van der Waals surface area contributed by atoms with E-state index in [4.69, 9.17) is 19.4 Å². The Hall–Kier alpha value is -5.66. The molecule has 2 aliphatic heterocycles. The molecule has 0 spiro atoms. The number of nitrogens with zero attached hydrogens (tertiary/aromatic N) is 4. The summed E-state index contributed by atoms with van der Waals surface area (Å²) in [5, 5.41) is 5.61. The number of methoxy groups -OCH3 is 2. The number of imidazole rings is 2. The van der Waals surface area contributed by atoms with E-state index in [1.165, 1.54) is 36.5 Å². The molecular weight excluding hydrogens is 785 g/mol. The summed E-state index contributed by atoms with van der Waals surface area (Å²) in [7, 11) is 2.64. The maximum atomic E-state index is 14.3. The Morgan fingerprint density at radius 3 is 1.40 bits per heavy atom. The quantitative estimate of drug-likeness (QED) is 0.108. The molecule has 0 bridgehead atoms. The van der Waals surface area contributed by atoms with Crippen LogP contribution in [0.3, 0.4) is 0 Å². The lowest BCUT2D eigenvalue weighted by Crippen LogP contribution is -2.53. The van der Waals surface area contributed by atoms with Crippen molar-refractivity contribution >= 4 is 24.0 Å². The number of alkyl carbamates (subject to hydrolysis) is 2. The molecular formula is C48H60N8O6. The van der Waals surface area contributed by atoms with Crippen LogP contribution in [0.1, 0.15) is 116 Å². The van der Waals surface area contributed by atoms with Crippen LogP contribution in [-0.4, -0.2) is 92.1 Å². The summed E-state index contributed by atoms with van der Waals surface area (Å²) < 4.78 is 9.77. The van der Waals surface area contributed by atoms with E-state index in [1.807, 2.05) is 49.9 Å². The first-order valence-corrected chi connectivity index (χ1v) is 22.7. The average molecular weight is 845 g/mol. The van der Waals surface area contributed by atoms with Crippen LogP contribution in [0.2, 0.25) is 0 Å². The van der Waals surface area contributed by atoms with Crippen LogP contribution in [-0.2, 0) is 19.1 Å². The lowest BCUT2D eigenvalue weighted by atomic mass is 9.78. The highest BCUT2D eigenvalue weighted by Crippen LogP contribution is 2.51. The molecule has 3 aliphatic carbocycles. The molecule has 4 heterocycles. The minimum absolute atomic E-state index is 0.0794. The molecule has 2 saturated carbocycles. The standard InChI is InChI=1S/C48H60N8O6/c1-25(2)41(53-47(59)61-5)45(57)55-37-13-9-7-11-29(37)21-39(55)43-49-23-35(51-43)27-15-17-31-33(19-27)32-18-16-28(20-34(31)32)36-24-50-44(52-36)40-22-30-12-8-10-14-38(30)56(40)46(58)42(26(3)4)54-48(60)62-6/h15-20,23-26,29-30,37-42H,7-14,21-22H2,1-6H3,(H,49,51)(H,50,52)(H,53,59)(H,54,60)/t29-,30-,37-,38-,39-,40-,41-,42-/m0/s1. The van der Waals surface area contributed by atoms with Gasteiger partial charge in [-0.1, -0.05) is 77.6 Å². The fraction of sp³-hybridized carbons (Fsp3) is 0.542. The van der Waals surface area contributed by atoms with E-state index in [0.29, 0.717) is 11.8 Å². The van der Waals surface area contributed by atoms with E-state index in [2.05, 4.69) is 57.0 Å². The highest BCUT2D eigenvalue weighted by molar-refractivity contribution is 6.04. The van der Waals surface area contributed by atoms with Crippen LogP contribution >= 0.6 is 0 Å². The van der Waals surface area contributed by atoms with Gasteiger partial charge in [0.1, 0.15) is 23.7 Å². The number of benzene rings is 2. The van der Waals surface area contributed by atoms with Crippen molar-refractivity contribution in [3.05, 3.63) is 60.4 Å². The van der Waals surface area contributed by atoms with Crippen LogP contribution in [0, 0.1) is 23.7 Å². The Bertz CT molecular complexity index is 2180. The number of hydrogen-bond acceptors (Lipinski definition) is 8. The zero-order valence-corrected chi connectivity index (χ0v) is 36.7. The first-order chi connectivity index (χ1) is 29.9. The number of nitrogens with one attached hydrogen (secondary N) is 4. The molecule has 9 rings (SSSR count). The molecule has 14 heteroatoms. The van der Waals surface area contributed by atoms with Crippen LogP contribution in [0.4, 0.5) is 9.59 Å². The summed E-state index contributed by atoms with van der Waals surface area (Å²) in [5.41, 5.74) is 8.53. The third-order valence-corrected chi connectivity index (χ3v) is 14.5. The number of ether oxygens (including phenoxy) is 2. The topological polar surface area (TPSA) is 175 Å². The fourth-order valence-electron chi connectivity index (χ4n) is 11.3. The van der Waals surface area contributed by atoms with E-state index < -0.39 is 24.3 Å². The van der Waals surface area contributed by atoms with Gasteiger partial charge in [0.15, 0.2) is 0 Å². The summed E-state index contributed by atoms with van der Waals surface area (Å²) in [4.78, 5) is 74.2. The second-order valence-corrected chi connectivity index (χ2v) is 18.8. The molecule has 2 aromatic carbocycles. The minimum Gasteiger partial charge on any atom is -0.453 e. The molecule has 328 valence electrons. The third kappa shape index (κ3) is 7.42. The summed E-state index contributed by atoms with van der Waals surface area (Å²) >= 11 is 0. The molecule has 62 heavy (non-hydrogen) atoms. The molecule has 4 N–H and O–H groups in total. The Balaban J connectivity index is 0.934. The van der Waals surface area contributed by atoms with Gasteiger partial charge in [-0.05, 0) is 96.6 Å². The Labute approximate surface area is 363 Å². The largest absolute Gasteiger partial charge is 0.453 e. The molecule has 2 aromatic heterocycles. The van der Waals surface area contributed by atoms with E-state index >= 15 is 0 Å². The van der Waals surface area contributed by atoms with Crippen LogP contribution in [0.25, 0.3) is 44.8 Å². The van der Waals surface area contributed by atoms with Gasteiger partial charge in [-0.3, -0.25) is 9.59 Å². The summed E-state index contributed by atoms with van der Waals surface area (Å²) in [5.74, 6) is 1.97. The molecule has 4 fully saturated rings. The molecule has 0 radical (unpaired) electrons. The molecule has 0 unspecified atom stereocenters. The highest BCUT2D eigenvalue weighted by atomic mass is 16.5. The predicted molar refractivity (Wildman–Crippen MR) is 234 cm³/mol. The van der Waals surface area contributed by atoms with E-state index in [-0.39, 0.29) is 47.8 Å². The van der Waals surface area contributed by atoms with Crippen molar-refractivity contribution < 1.29 is 28.7 Å². The van der Waals surface area contributed by atoms with Gasteiger partial charge in [-0.15, -0.1) is 0 Å². The third-order valence-electron chi connectivity index (χ3n) is 14.5. The van der Waals surface area contributed by atoms with E-state index in [0.717, 1.165) is 98.4 Å². The van der Waals surface area contributed by atoms with Gasteiger partial charge in [0, 0.05) is 23.2 Å². The second kappa shape index (κ2) is 16.9. The fourth-order valence-corrected chi connectivity index (χ4v) is 11.3. The van der Waals surface area contributed by atoms with Crippen molar-refractivity contribution in [2.45, 2.75) is 128 Å². The van der Waals surface area contributed by atoms with Crippen LogP contribution in [0.5, 0.6) is 0 Å². The van der Waals surface area contributed by atoms with Crippen LogP contribution in [0.15, 0.2) is 48.8 Å². The van der Waals surface area contributed by atoms with Crippen molar-refractivity contribution in [2.24, 2.45) is 23.7 Å². The summed E-state index contributed by atoms with van der Waals surface area (Å²) in [6.07, 6.45) is 12.8. The smallest absolute Gasteiger partial charge is 0.407 e. The number of carbonyl (C=O) groups excluding carboxylic acids is 4. The number of hydrogen-bond donors (Lipinski definition) is 4. The molecule has 5 aliphatic rings. The summed E-state index contributed by atoms with van der Waals surface area (Å²) in [6.45, 7) is 7.79. The second-order valence-electron chi connectivity index (χ2n) is 18.8.